The SMILES string of the molecule is FC(F)(I)C(F)(F)C(F)(F)C(F)(F)C(F)(F)C(F)(F)I.N#CCCCCC#N. The fraction of sp³-hybridized carbons (Fsp3) is 0.833. The summed E-state index contributed by atoms with van der Waals surface area (Å²) < 4.78 is 138. The van der Waals surface area contributed by atoms with E-state index in [1.54, 1.807) is 0 Å². The molecule has 28 heavy (non-hydrogen) atoms. The van der Waals surface area contributed by atoms with E-state index in [-0.39, 0.29) is 0 Å². The summed E-state index contributed by atoms with van der Waals surface area (Å²) >= 11 is -1.39. The van der Waals surface area contributed by atoms with Crippen molar-refractivity contribution in [3.8, 4) is 12.1 Å². The number of unbranched alkanes of at least 4 members (excludes halogenated alkanes) is 3. The van der Waals surface area contributed by atoms with Crippen LogP contribution in [0.25, 0.3) is 0 Å². The van der Waals surface area contributed by atoms with Crippen molar-refractivity contribution in [2.24, 2.45) is 0 Å². The van der Waals surface area contributed by atoms with Crippen LogP contribution >= 0.6 is 45.2 Å². The minimum absolute atomic E-state index is 0.585. The lowest BCUT2D eigenvalue weighted by Crippen LogP contribution is -2.68. The summed E-state index contributed by atoms with van der Waals surface area (Å²) in [5, 5.41) is 16.1. The molecule has 0 aliphatic heterocycles. The molecule has 0 atom stereocenters. The van der Waals surface area contributed by atoms with E-state index in [0.717, 1.165) is 12.8 Å². The highest BCUT2D eigenvalue weighted by molar-refractivity contribution is 14.1. The van der Waals surface area contributed by atoms with Gasteiger partial charge < -0.3 is 0 Å². The molecule has 0 aliphatic rings. The predicted molar refractivity (Wildman–Crippen MR) is 87.4 cm³/mol. The average Bonchev–Trinajstić information content (AvgIpc) is 2.49. The molecule has 0 rings (SSSR count). The van der Waals surface area contributed by atoms with Gasteiger partial charge in [0.1, 0.15) is 0 Å². The first kappa shape index (κ1) is 29.8. The van der Waals surface area contributed by atoms with E-state index in [9.17, 15) is 52.7 Å². The highest BCUT2D eigenvalue weighted by atomic mass is 127. The second kappa shape index (κ2) is 10.1. The highest BCUT2D eigenvalue weighted by Crippen LogP contribution is 2.61. The molecule has 0 heterocycles. The fourth-order valence-corrected chi connectivity index (χ4v) is 1.84. The molecule has 0 fully saturated rings. The van der Waals surface area contributed by atoms with Crippen LogP contribution in [0.3, 0.4) is 0 Å². The van der Waals surface area contributed by atoms with Crippen molar-refractivity contribution in [1.82, 2.24) is 0 Å². The van der Waals surface area contributed by atoms with Gasteiger partial charge in [-0.25, -0.2) is 0 Å². The molecule has 2 nitrogen and oxygen atoms in total. The largest absolute Gasteiger partial charge is 0.387 e. The lowest BCUT2D eigenvalue weighted by Gasteiger charge is -2.39. The topological polar surface area (TPSA) is 47.6 Å². The molecule has 0 saturated heterocycles. The maximum atomic E-state index is 12.7. The molecule has 0 aromatic carbocycles. The minimum atomic E-state index is -7.44. The van der Waals surface area contributed by atoms with Gasteiger partial charge in [0.15, 0.2) is 0 Å². The average molecular weight is 662 g/mol. The Morgan fingerprint density at radius 3 is 0.857 bits per heavy atom. The third-order valence-electron chi connectivity index (χ3n) is 2.72. The number of nitrogens with zero attached hydrogens (tertiary/aromatic N) is 2. The molecule has 0 unspecified atom stereocenters. The second-order valence-corrected chi connectivity index (χ2v) is 7.53. The summed E-state index contributed by atoms with van der Waals surface area (Å²) in [7, 11) is 0. The zero-order valence-corrected chi connectivity index (χ0v) is 17.3. The molecule has 0 spiro atoms. The number of halogens is 14. The van der Waals surface area contributed by atoms with Crippen molar-refractivity contribution in [1.29, 1.82) is 10.5 Å². The first-order chi connectivity index (χ1) is 12.2. The molecular formula is C12H8F12I2N2. The van der Waals surface area contributed by atoms with Crippen molar-refractivity contribution in [3.63, 3.8) is 0 Å². The number of hydrogen-bond donors (Lipinski definition) is 0. The van der Waals surface area contributed by atoms with E-state index >= 15 is 0 Å². The van der Waals surface area contributed by atoms with Gasteiger partial charge in [-0.2, -0.15) is 63.2 Å². The zero-order valence-electron chi connectivity index (χ0n) is 13.0. The summed E-state index contributed by atoms with van der Waals surface area (Å²) in [6.45, 7) is 0. The second-order valence-electron chi connectivity index (χ2n) is 4.82. The van der Waals surface area contributed by atoms with Crippen molar-refractivity contribution >= 4 is 45.2 Å². The molecule has 16 heteroatoms. The number of alkyl halides is 14. The molecule has 0 bridgehead atoms. The molecule has 0 radical (unpaired) electrons. The van der Waals surface area contributed by atoms with Crippen LogP contribution in [0.4, 0.5) is 52.7 Å². The highest BCUT2D eigenvalue weighted by Gasteiger charge is 2.89. The molecule has 0 N–H and O–H groups in total. The Hall–Kier alpha value is -0.400. The van der Waals surface area contributed by atoms with E-state index in [0.29, 0.717) is 12.8 Å². The van der Waals surface area contributed by atoms with Gasteiger partial charge in [-0.05, 0) is 12.8 Å². The summed E-state index contributed by atoms with van der Waals surface area (Å²) in [5.41, 5.74) is 0. The Balaban J connectivity index is 0. The predicted octanol–water partition coefficient (Wildman–Crippen LogP) is 7.18. The van der Waals surface area contributed by atoms with Crippen molar-refractivity contribution < 1.29 is 52.7 Å². The third kappa shape index (κ3) is 6.30. The Labute approximate surface area is 177 Å². The summed E-state index contributed by atoms with van der Waals surface area (Å²) in [5.74, 6) is -28.9. The third-order valence-corrected chi connectivity index (χ3v) is 4.08. The van der Waals surface area contributed by atoms with Crippen LogP contribution in [-0.2, 0) is 0 Å². The van der Waals surface area contributed by atoms with E-state index in [1.165, 1.54) is 0 Å². The van der Waals surface area contributed by atoms with Gasteiger partial charge >= 0.3 is 31.5 Å². The van der Waals surface area contributed by atoms with Crippen LogP contribution in [0.15, 0.2) is 0 Å². The smallest absolute Gasteiger partial charge is 0.198 e. The summed E-state index contributed by atoms with van der Waals surface area (Å²) in [6, 6.07) is 4.03. The van der Waals surface area contributed by atoms with Crippen LogP contribution in [0, 0.1) is 22.7 Å². The van der Waals surface area contributed by atoms with Crippen LogP contribution in [0.5, 0.6) is 0 Å². The monoisotopic (exact) mass is 662 g/mol. The fourth-order valence-electron chi connectivity index (χ4n) is 1.16. The zero-order chi connectivity index (χ0) is 23.2. The van der Waals surface area contributed by atoms with Gasteiger partial charge in [-0.3, -0.25) is 0 Å². The van der Waals surface area contributed by atoms with Crippen LogP contribution in [0.1, 0.15) is 25.7 Å². The molecule has 0 aliphatic carbocycles. The van der Waals surface area contributed by atoms with Crippen LogP contribution in [-0.4, -0.2) is 31.5 Å². The van der Waals surface area contributed by atoms with E-state index in [2.05, 4.69) is 0 Å². The molecular weight excluding hydrogens is 654 g/mol. The summed E-state index contributed by atoms with van der Waals surface area (Å²) in [4.78, 5) is 0. The molecule has 164 valence electrons. The molecule has 0 aromatic heterocycles. The van der Waals surface area contributed by atoms with Gasteiger partial charge in [-0.15, -0.1) is 0 Å². The summed E-state index contributed by atoms with van der Waals surface area (Å²) in [6.07, 6.45) is 2.90. The maximum absolute atomic E-state index is 12.7. The lowest BCUT2D eigenvalue weighted by molar-refractivity contribution is -0.401. The number of hydrogen-bond acceptors (Lipinski definition) is 2. The van der Waals surface area contributed by atoms with Gasteiger partial charge in [0.2, 0.25) is 0 Å². The van der Waals surface area contributed by atoms with Crippen molar-refractivity contribution in [3.05, 3.63) is 0 Å². The standard InChI is InChI=1S/C6F12I2.C6H8N2/c7-1(8,3(11,12)5(15,16)19)2(9,10)4(13,14)6(17,18)20;7-5-3-1-2-4-6-8/h;1-4H2. The van der Waals surface area contributed by atoms with E-state index in [1.807, 2.05) is 12.1 Å². The van der Waals surface area contributed by atoms with Gasteiger partial charge in [0.05, 0.1) is 12.1 Å². The van der Waals surface area contributed by atoms with Crippen LogP contribution < -0.4 is 0 Å². The quantitative estimate of drug-likeness (QED) is 0.120. The Morgan fingerprint density at radius 2 is 0.714 bits per heavy atom. The maximum Gasteiger partial charge on any atom is 0.387 e. The van der Waals surface area contributed by atoms with Crippen molar-refractivity contribution in [2.75, 3.05) is 0 Å². The van der Waals surface area contributed by atoms with Crippen molar-refractivity contribution in [2.45, 2.75) is 57.2 Å². The minimum Gasteiger partial charge on any atom is -0.198 e. The molecule has 0 amide bonds. The first-order valence-corrected chi connectivity index (χ1v) is 8.71. The number of nitriles is 2. The van der Waals surface area contributed by atoms with Gasteiger partial charge in [-0.1, -0.05) is 0 Å². The number of rotatable bonds is 8. The molecule has 0 aromatic rings. The first-order valence-electron chi connectivity index (χ1n) is 6.55. The van der Waals surface area contributed by atoms with Gasteiger partial charge in [0, 0.05) is 58.0 Å². The van der Waals surface area contributed by atoms with Crippen LogP contribution in [0.2, 0.25) is 0 Å². The molecule has 0 saturated carbocycles. The normalized spacial score (nSPS) is 13.9. The Morgan fingerprint density at radius 1 is 0.500 bits per heavy atom. The Bertz CT molecular complexity index is 531. The van der Waals surface area contributed by atoms with Gasteiger partial charge in [0.25, 0.3) is 0 Å². The van der Waals surface area contributed by atoms with E-state index < -0.39 is 76.7 Å². The van der Waals surface area contributed by atoms with E-state index in [4.69, 9.17) is 10.5 Å². The lowest BCUT2D eigenvalue weighted by atomic mass is 9.99. The Kier molecular flexibility index (Phi) is 10.7.